The fraction of sp³-hybridized carbons (Fsp3) is 0.368. The molecule has 4 N–H and O–H groups in total. The Bertz CT molecular complexity index is 671. The van der Waals surface area contributed by atoms with Crippen LogP contribution in [0.15, 0.2) is 36.4 Å². The Morgan fingerprint density at radius 2 is 1.84 bits per heavy atom. The average molecular weight is 349 g/mol. The molecule has 0 aliphatic carbocycles. The summed E-state index contributed by atoms with van der Waals surface area (Å²) in [5, 5.41) is 6.28. The number of para-hydroxylation sites is 1. The Hall–Kier alpha value is -2.18. The standard InChI is InChI=1S/C19H25F2N3O/c1-13(15-6-3-4-7-19(15)23-2)24-12-16-17(20)10-14(11-18(16)21)25-9-5-8-22/h3-4,6-7,10-11,13,23-24H,5,8-9,12,22H2,1-2H3. The maximum Gasteiger partial charge on any atom is 0.134 e. The topological polar surface area (TPSA) is 59.3 Å². The van der Waals surface area contributed by atoms with Crippen LogP contribution in [0.5, 0.6) is 5.75 Å². The van der Waals surface area contributed by atoms with Gasteiger partial charge in [-0.15, -0.1) is 0 Å². The van der Waals surface area contributed by atoms with Gasteiger partial charge in [-0.25, -0.2) is 8.78 Å². The van der Waals surface area contributed by atoms with E-state index in [1.807, 2.05) is 38.2 Å². The number of hydrogen-bond acceptors (Lipinski definition) is 4. The zero-order valence-electron chi connectivity index (χ0n) is 14.6. The molecule has 6 heteroatoms. The van der Waals surface area contributed by atoms with Crippen molar-refractivity contribution in [2.24, 2.45) is 5.73 Å². The summed E-state index contributed by atoms with van der Waals surface area (Å²) in [7, 11) is 1.84. The lowest BCUT2D eigenvalue weighted by atomic mass is 10.1. The molecular formula is C19H25F2N3O. The second kappa shape index (κ2) is 9.34. The molecule has 0 heterocycles. The second-order valence-electron chi connectivity index (χ2n) is 5.80. The summed E-state index contributed by atoms with van der Waals surface area (Å²) in [6.07, 6.45) is 0.634. The summed E-state index contributed by atoms with van der Waals surface area (Å²) in [5.74, 6) is -1.06. The summed E-state index contributed by atoms with van der Waals surface area (Å²) >= 11 is 0. The van der Waals surface area contributed by atoms with Crippen molar-refractivity contribution in [3.63, 3.8) is 0 Å². The lowest BCUT2D eigenvalue weighted by Gasteiger charge is -2.18. The van der Waals surface area contributed by atoms with Crippen LogP contribution in [0.2, 0.25) is 0 Å². The quantitative estimate of drug-likeness (QED) is 0.606. The number of nitrogens with two attached hydrogens (primary N) is 1. The van der Waals surface area contributed by atoms with Crippen molar-refractivity contribution in [3.05, 3.63) is 59.2 Å². The fourth-order valence-electron chi connectivity index (χ4n) is 2.57. The van der Waals surface area contributed by atoms with Crippen LogP contribution in [-0.4, -0.2) is 20.2 Å². The number of rotatable bonds is 9. The van der Waals surface area contributed by atoms with Gasteiger partial charge in [-0.3, -0.25) is 0 Å². The molecule has 0 saturated heterocycles. The van der Waals surface area contributed by atoms with Gasteiger partial charge in [0.05, 0.1) is 6.61 Å². The average Bonchev–Trinajstić information content (AvgIpc) is 2.61. The van der Waals surface area contributed by atoms with E-state index < -0.39 is 11.6 Å². The number of ether oxygens (including phenoxy) is 1. The highest BCUT2D eigenvalue weighted by Gasteiger charge is 2.15. The van der Waals surface area contributed by atoms with Gasteiger partial charge in [0, 0.05) is 43.0 Å². The number of benzene rings is 2. The van der Waals surface area contributed by atoms with Crippen LogP contribution in [0.25, 0.3) is 0 Å². The monoisotopic (exact) mass is 349 g/mol. The zero-order chi connectivity index (χ0) is 18.2. The normalized spacial score (nSPS) is 12.0. The molecule has 0 aliphatic heterocycles. The number of halogens is 2. The van der Waals surface area contributed by atoms with Crippen LogP contribution in [0.3, 0.4) is 0 Å². The molecule has 1 atom stereocenters. The van der Waals surface area contributed by atoms with E-state index in [1.165, 1.54) is 12.1 Å². The highest BCUT2D eigenvalue weighted by atomic mass is 19.1. The molecule has 2 rings (SSSR count). The lowest BCUT2D eigenvalue weighted by Crippen LogP contribution is -2.20. The summed E-state index contributed by atoms with van der Waals surface area (Å²) in [6.45, 7) is 2.85. The van der Waals surface area contributed by atoms with Crippen molar-refractivity contribution in [2.75, 3.05) is 25.5 Å². The fourth-order valence-corrected chi connectivity index (χ4v) is 2.57. The van der Waals surface area contributed by atoms with Gasteiger partial charge in [-0.1, -0.05) is 18.2 Å². The van der Waals surface area contributed by atoms with E-state index in [-0.39, 0.29) is 23.9 Å². The number of anilines is 1. The Balaban J connectivity index is 2.05. The molecule has 2 aromatic rings. The van der Waals surface area contributed by atoms with E-state index in [9.17, 15) is 8.78 Å². The zero-order valence-corrected chi connectivity index (χ0v) is 14.6. The van der Waals surface area contributed by atoms with Gasteiger partial charge < -0.3 is 21.1 Å². The summed E-state index contributed by atoms with van der Waals surface area (Å²) in [6, 6.07) is 10.2. The van der Waals surface area contributed by atoms with Crippen molar-refractivity contribution >= 4 is 5.69 Å². The SMILES string of the molecule is CNc1ccccc1C(C)NCc1c(F)cc(OCCCN)cc1F. The molecule has 0 radical (unpaired) electrons. The van der Waals surface area contributed by atoms with E-state index in [4.69, 9.17) is 10.5 Å². The Morgan fingerprint density at radius 3 is 2.48 bits per heavy atom. The van der Waals surface area contributed by atoms with Gasteiger partial charge in [0.2, 0.25) is 0 Å². The minimum absolute atomic E-state index is 0.0000337. The highest BCUT2D eigenvalue weighted by molar-refractivity contribution is 5.51. The lowest BCUT2D eigenvalue weighted by molar-refractivity contribution is 0.309. The largest absolute Gasteiger partial charge is 0.493 e. The molecule has 25 heavy (non-hydrogen) atoms. The Kier molecular flexibility index (Phi) is 7.16. The molecule has 0 amide bonds. The predicted octanol–water partition coefficient (Wildman–Crippen LogP) is 3.58. The first-order valence-electron chi connectivity index (χ1n) is 8.37. The maximum atomic E-state index is 14.2. The van der Waals surface area contributed by atoms with E-state index in [2.05, 4.69) is 10.6 Å². The third-order valence-corrected chi connectivity index (χ3v) is 4.01. The first-order chi connectivity index (χ1) is 12.1. The molecule has 0 aromatic heterocycles. The molecule has 0 saturated carbocycles. The van der Waals surface area contributed by atoms with Crippen molar-refractivity contribution in [3.8, 4) is 5.75 Å². The van der Waals surface area contributed by atoms with Crippen LogP contribution in [-0.2, 0) is 6.54 Å². The number of hydrogen-bond donors (Lipinski definition) is 3. The Morgan fingerprint density at radius 1 is 1.16 bits per heavy atom. The summed E-state index contributed by atoms with van der Waals surface area (Å²) in [5.41, 5.74) is 7.39. The minimum Gasteiger partial charge on any atom is -0.493 e. The van der Waals surface area contributed by atoms with Crippen molar-refractivity contribution in [2.45, 2.75) is 25.9 Å². The molecule has 2 aromatic carbocycles. The van der Waals surface area contributed by atoms with E-state index >= 15 is 0 Å². The minimum atomic E-state index is -0.621. The van der Waals surface area contributed by atoms with E-state index in [0.29, 0.717) is 19.6 Å². The van der Waals surface area contributed by atoms with Crippen LogP contribution in [0.1, 0.15) is 30.5 Å². The predicted molar refractivity (Wildman–Crippen MR) is 96.8 cm³/mol. The van der Waals surface area contributed by atoms with Crippen LogP contribution in [0.4, 0.5) is 14.5 Å². The molecule has 0 spiro atoms. The van der Waals surface area contributed by atoms with Crippen LogP contribution < -0.4 is 21.1 Å². The first kappa shape index (κ1) is 19.1. The van der Waals surface area contributed by atoms with Crippen molar-refractivity contribution in [1.82, 2.24) is 5.32 Å². The van der Waals surface area contributed by atoms with Crippen molar-refractivity contribution < 1.29 is 13.5 Å². The van der Waals surface area contributed by atoms with Gasteiger partial charge in [0.1, 0.15) is 17.4 Å². The second-order valence-corrected chi connectivity index (χ2v) is 5.80. The van der Waals surface area contributed by atoms with Gasteiger partial charge in [-0.05, 0) is 31.5 Å². The van der Waals surface area contributed by atoms with Crippen molar-refractivity contribution in [1.29, 1.82) is 0 Å². The van der Waals surface area contributed by atoms with Crippen LogP contribution in [0, 0.1) is 11.6 Å². The third-order valence-electron chi connectivity index (χ3n) is 4.01. The number of nitrogens with one attached hydrogen (secondary N) is 2. The van der Waals surface area contributed by atoms with E-state index in [1.54, 1.807) is 0 Å². The summed E-state index contributed by atoms with van der Waals surface area (Å²) in [4.78, 5) is 0. The maximum absolute atomic E-state index is 14.2. The Labute approximate surface area is 147 Å². The molecule has 0 fully saturated rings. The highest BCUT2D eigenvalue weighted by Crippen LogP contribution is 2.24. The molecule has 136 valence electrons. The van der Waals surface area contributed by atoms with Gasteiger partial charge in [0.25, 0.3) is 0 Å². The molecular weight excluding hydrogens is 324 g/mol. The molecule has 0 bridgehead atoms. The molecule has 1 unspecified atom stereocenters. The smallest absolute Gasteiger partial charge is 0.134 e. The molecule has 0 aliphatic rings. The van der Waals surface area contributed by atoms with E-state index in [0.717, 1.165) is 11.3 Å². The third kappa shape index (κ3) is 5.14. The van der Waals surface area contributed by atoms with Gasteiger partial charge >= 0.3 is 0 Å². The van der Waals surface area contributed by atoms with Gasteiger partial charge in [0.15, 0.2) is 0 Å². The first-order valence-corrected chi connectivity index (χ1v) is 8.37. The van der Waals surface area contributed by atoms with Crippen LogP contribution >= 0.6 is 0 Å². The summed E-state index contributed by atoms with van der Waals surface area (Å²) < 4.78 is 33.7. The molecule has 4 nitrogen and oxygen atoms in total. The van der Waals surface area contributed by atoms with Gasteiger partial charge in [-0.2, -0.15) is 0 Å².